The average Bonchev–Trinajstić information content (AvgIpc) is 3.60. The molecule has 1 N–H and O–H groups in total. The highest BCUT2D eigenvalue weighted by Gasteiger charge is 2.45. The van der Waals surface area contributed by atoms with Gasteiger partial charge in [-0.1, -0.05) is 35.9 Å². The quantitative estimate of drug-likeness (QED) is 0.474. The zero-order valence-corrected chi connectivity index (χ0v) is 18.9. The first-order valence-electron chi connectivity index (χ1n) is 10.7. The van der Waals surface area contributed by atoms with Crippen molar-refractivity contribution in [1.82, 2.24) is 20.1 Å². The van der Waals surface area contributed by atoms with E-state index in [4.69, 9.17) is 0 Å². The molecule has 2 atom stereocenters. The van der Waals surface area contributed by atoms with Gasteiger partial charge in [0.2, 0.25) is 11.8 Å². The third-order valence-electron chi connectivity index (χ3n) is 5.89. The van der Waals surface area contributed by atoms with Crippen LogP contribution in [-0.4, -0.2) is 26.6 Å². The van der Waals surface area contributed by atoms with Crippen molar-refractivity contribution in [3.05, 3.63) is 94.7 Å². The van der Waals surface area contributed by atoms with Crippen LogP contribution in [0.2, 0.25) is 0 Å². The van der Waals surface area contributed by atoms with Crippen LogP contribution in [0.3, 0.4) is 0 Å². The number of aryl methyl sites for hydroxylation is 1. The van der Waals surface area contributed by atoms with E-state index in [0.29, 0.717) is 6.54 Å². The molecule has 0 spiro atoms. The van der Waals surface area contributed by atoms with Crippen molar-refractivity contribution >= 4 is 28.8 Å². The highest BCUT2D eigenvalue weighted by atomic mass is 32.1. The first-order chi connectivity index (χ1) is 16.1. The molecule has 2 amide bonds. The summed E-state index contributed by atoms with van der Waals surface area (Å²) < 4.78 is 1.68. The van der Waals surface area contributed by atoms with Gasteiger partial charge >= 0.3 is 0 Å². The first-order valence-corrected chi connectivity index (χ1v) is 11.6. The molecule has 3 heterocycles. The van der Waals surface area contributed by atoms with Crippen molar-refractivity contribution in [2.45, 2.75) is 25.9 Å². The van der Waals surface area contributed by atoms with E-state index in [1.54, 1.807) is 27.2 Å². The Morgan fingerprint density at radius 3 is 2.52 bits per heavy atom. The topological polar surface area (TPSA) is 80.1 Å². The van der Waals surface area contributed by atoms with Crippen LogP contribution in [0, 0.1) is 12.8 Å². The first kappa shape index (κ1) is 21.1. The predicted octanol–water partition coefficient (Wildman–Crippen LogP) is 4.05. The number of carbonyl (C=O) groups excluding carboxylic acids is 2. The predicted molar refractivity (Wildman–Crippen MR) is 127 cm³/mol. The van der Waals surface area contributed by atoms with Gasteiger partial charge in [-0.3, -0.25) is 9.59 Å². The number of thiophene rings is 1. The van der Waals surface area contributed by atoms with E-state index in [-0.39, 0.29) is 24.3 Å². The van der Waals surface area contributed by atoms with Crippen LogP contribution in [0.1, 0.15) is 28.5 Å². The molecule has 2 unspecified atom stereocenters. The number of amides is 2. The molecular formula is C25H23N5O2S. The maximum absolute atomic E-state index is 13.2. The van der Waals surface area contributed by atoms with Gasteiger partial charge < -0.3 is 10.2 Å². The molecule has 0 saturated carbocycles. The van der Waals surface area contributed by atoms with E-state index in [1.807, 2.05) is 73.0 Å². The summed E-state index contributed by atoms with van der Waals surface area (Å²) in [6.07, 6.45) is 3.31. The summed E-state index contributed by atoms with van der Waals surface area (Å²) in [7, 11) is 0. The third kappa shape index (κ3) is 4.29. The Kier molecular flexibility index (Phi) is 5.75. The number of carbonyl (C=O) groups is 2. The van der Waals surface area contributed by atoms with Gasteiger partial charge in [-0.15, -0.1) is 11.3 Å². The Labute approximate surface area is 195 Å². The number of rotatable bonds is 6. The smallest absolute Gasteiger partial charge is 0.228 e. The molecule has 1 saturated heterocycles. The van der Waals surface area contributed by atoms with Gasteiger partial charge in [-0.25, -0.2) is 9.67 Å². The standard InChI is InChI=1S/C25H23N5O2S/c1-17-4-8-20(9-5-17)30-23(31)13-21(24(30)22-3-2-12-33-22)25(32)27-14-18-6-10-19(11-7-18)29-16-26-15-28-29/h2-12,15-16,21,24H,13-14H2,1H3,(H,27,32). The van der Waals surface area contributed by atoms with Crippen LogP contribution in [0.5, 0.6) is 0 Å². The molecule has 0 radical (unpaired) electrons. The fraction of sp³-hybridized carbons (Fsp3) is 0.200. The average molecular weight is 458 g/mol. The van der Waals surface area contributed by atoms with Crippen LogP contribution in [0.15, 0.2) is 78.7 Å². The second kappa shape index (κ2) is 8.99. The minimum atomic E-state index is -0.452. The van der Waals surface area contributed by atoms with E-state index in [1.165, 1.54) is 6.33 Å². The molecule has 1 aliphatic rings. The number of hydrogen-bond donors (Lipinski definition) is 1. The summed E-state index contributed by atoms with van der Waals surface area (Å²) in [5.41, 5.74) is 3.82. The Bertz CT molecular complexity index is 1240. The number of anilines is 1. The van der Waals surface area contributed by atoms with Crippen LogP contribution in [-0.2, 0) is 16.1 Å². The van der Waals surface area contributed by atoms with Crippen molar-refractivity contribution in [3.8, 4) is 5.69 Å². The lowest BCUT2D eigenvalue weighted by Gasteiger charge is -2.27. The van der Waals surface area contributed by atoms with E-state index in [0.717, 1.165) is 27.4 Å². The number of aromatic nitrogens is 3. The lowest BCUT2D eigenvalue weighted by atomic mass is 9.97. The Hall–Kier alpha value is -3.78. The van der Waals surface area contributed by atoms with Crippen LogP contribution >= 0.6 is 11.3 Å². The molecule has 4 aromatic rings. The molecule has 1 aliphatic heterocycles. The zero-order valence-electron chi connectivity index (χ0n) is 18.1. The van der Waals surface area contributed by atoms with E-state index in [9.17, 15) is 9.59 Å². The van der Waals surface area contributed by atoms with Crippen LogP contribution in [0.25, 0.3) is 5.69 Å². The lowest BCUT2D eigenvalue weighted by molar-refractivity contribution is -0.126. The summed E-state index contributed by atoms with van der Waals surface area (Å²) in [5.74, 6) is -0.599. The molecule has 1 fully saturated rings. The van der Waals surface area contributed by atoms with Gasteiger partial charge in [-0.2, -0.15) is 5.10 Å². The second-order valence-corrected chi connectivity index (χ2v) is 9.07. The van der Waals surface area contributed by atoms with Gasteiger partial charge in [0, 0.05) is 23.5 Å². The summed E-state index contributed by atoms with van der Waals surface area (Å²) >= 11 is 1.57. The largest absolute Gasteiger partial charge is 0.352 e. The van der Waals surface area contributed by atoms with Gasteiger partial charge in [-0.05, 0) is 48.2 Å². The third-order valence-corrected chi connectivity index (χ3v) is 6.84. The Morgan fingerprint density at radius 2 is 1.85 bits per heavy atom. The molecule has 7 nitrogen and oxygen atoms in total. The van der Waals surface area contributed by atoms with E-state index >= 15 is 0 Å². The molecule has 2 aromatic heterocycles. The number of hydrogen-bond acceptors (Lipinski definition) is 5. The van der Waals surface area contributed by atoms with Crippen molar-refractivity contribution < 1.29 is 9.59 Å². The van der Waals surface area contributed by atoms with Gasteiger partial charge in [0.25, 0.3) is 0 Å². The van der Waals surface area contributed by atoms with Crippen molar-refractivity contribution in [1.29, 1.82) is 0 Å². The van der Waals surface area contributed by atoms with Gasteiger partial charge in [0.15, 0.2) is 0 Å². The van der Waals surface area contributed by atoms with E-state index in [2.05, 4.69) is 15.4 Å². The van der Waals surface area contributed by atoms with Crippen LogP contribution in [0.4, 0.5) is 5.69 Å². The van der Waals surface area contributed by atoms with Crippen molar-refractivity contribution in [2.24, 2.45) is 5.92 Å². The summed E-state index contributed by atoms with van der Waals surface area (Å²) in [6, 6.07) is 19.3. The van der Waals surface area contributed by atoms with Crippen molar-refractivity contribution in [2.75, 3.05) is 4.90 Å². The molecule has 33 heavy (non-hydrogen) atoms. The minimum absolute atomic E-state index is 0.0328. The SMILES string of the molecule is Cc1ccc(N2C(=O)CC(C(=O)NCc3ccc(-n4cncn4)cc3)C2c2cccs2)cc1. The fourth-order valence-corrected chi connectivity index (χ4v) is 5.07. The molecule has 5 rings (SSSR count). The molecule has 0 bridgehead atoms. The lowest BCUT2D eigenvalue weighted by Crippen LogP contribution is -2.35. The fourth-order valence-electron chi connectivity index (χ4n) is 4.19. The van der Waals surface area contributed by atoms with Gasteiger partial charge in [0.05, 0.1) is 17.6 Å². The molecular weight excluding hydrogens is 434 g/mol. The number of nitrogens with one attached hydrogen (secondary N) is 1. The van der Waals surface area contributed by atoms with Gasteiger partial charge in [0.1, 0.15) is 12.7 Å². The maximum atomic E-state index is 13.2. The molecule has 166 valence electrons. The van der Waals surface area contributed by atoms with Crippen LogP contribution < -0.4 is 10.2 Å². The molecule has 8 heteroatoms. The van der Waals surface area contributed by atoms with Crippen molar-refractivity contribution in [3.63, 3.8) is 0 Å². The normalized spacial score (nSPS) is 18.0. The maximum Gasteiger partial charge on any atom is 0.228 e. The zero-order chi connectivity index (χ0) is 22.8. The minimum Gasteiger partial charge on any atom is -0.352 e. The Balaban J connectivity index is 1.33. The molecule has 0 aliphatic carbocycles. The molecule has 2 aromatic carbocycles. The highest BCUT2D eigenvalue weighted by Crippen LogP contribution is 2.43. The summed E-state index contributed by atoms with van der Waals surface area (Å²) in [4.78, 5) is 33.0. The monoisotopic (exact) mass is 457 g/mol. The van der Waals surface area contributed by atoms with E-state index < -0.39 is 5.92 Å². The summed E-state index contributed by atoms with van der Waals surface area (Å²) in [6.45, 7) is 2.41. The number of benzene rings is 2. The Morgan fingerprint density at radius 1 is 1.09 bits per heavy atom. The second-order valence-electron chi connectivity index (χ2n) is 8.09. The number of nitrogens with zero attached hydrogens (tertiary/aromatic N) is 4. The highest BCUT2D eigenvalue weighted by molar-refractivity contribution is 7.10. The summed E-state index contributed by atoms with van der Waals surface area (Å²) in [5, 5.41) is 9.14.